The molecular weight excluding hydrogens is 384 g/mol. The number of carboxylic acid groups (broad SMARTS) is 1. The Morgan fingerprint density at radius 1 is 1.25 bits per heavy atom. The van der Waals surface area contributed by atoms with Crippen LogP contribution in [0.4, 0.5) is 0 Å². The number of rotatable bonds is 6. The molecule has 0 aliphatic rings. The van der Waals surface area contributed by atoms with Crippen LogP contribution in [-0.4, -0.2) is 37.0 Å². The van der Waals surface area contributed by atoms with Crippen LogP contribution in [-0.2, 0) is 4.79 Å². The Balaban J connectivity index is 1.64. The standard InChI is InChI=1S/C18H14N4O5S/c1-9-5-11(6-10(2)15(9)25-8-14(23)24)16-20-12-7-19-18(21-17(12)27-16)26-13-3-4-28-22-13/h3-7H,8H2,1-2H3,(H,23,24). The summed E-state index contributed by atoms with van der Waals surface area (Å²) < 4.78 is 20.6. The number of hydrogen-bond acceptors (Lipinski definition) is 9. The Labute approximate surface area is 162 Å². The highest BCUT2D eigenvalue weighted by Crippen LogP contribution is 2.31. The molecule has 1 aromatic carbocycles. The van der Waals surface area contributed by atoms with Gasteiger partial charge in [0.1, 0.15) is 11.3 Å². The van der Waals surface area contributed by atoms with E-state index in [1.54, 1.807) is 11.4 Å². The molecule has 4 rings (SSSR count). The van der Waals surface area contributed by atoms with Gasteiger partial charge in [-0.15, -0.1) is 0 Å². The Morgan fingerprint density at radius 2 is 2.04 bits per heavy atom. The summed E-state index contributed by atoms with van der Waals surface area (Å²) in [4.78, 5) is 23.5. The zero-order chi connectivity index (χ0) is 19.7. The lowest BCUT2D eigenvalue weighted by molar-refractivity contribution is -0.139. The lowest BCUT2D eigenvalue weighted by Crippen LogP contribution is -2.10. The predicted octanol–water partition coefficient (Wildman–Crippen LogP) is 3.61. The number of benzene rings is 1. The summed E-state index contributed by atoms with van der Waals surface area (Å²) in [5.41, 5.74) is 3.05. The minimum absolute atomic E-state index is 0.117. The van der Waals surface area contributed by atoms with Crippen molar-refractivity contribution in [1.29, 1.82) is 0 Å². The second-order valence-electron chi connectivity index (χ2n) is 5.92. The van der Waals surface area contributed by atoms with E-state index in [1.165, 1.54) is 17.7 Å². The van der Waals surface area contributed by atoms with Crippen LogP contribution < -0.4 is 9.47 Å². The van der Waals surface area contributed by atoms with E-state index in [-0.39, 0.29) is 11.7 Å². The number of oxazole rings is 1. The van der Waals surface area contributed by atoms with Crippen LogP contribution in [0.3, 0.4) is 0 Å². The summed E-state index contributed by atoms with van der Waals surface area (Å²) in [6.07, 6.45) is 1.51. The zero-order valence-corrected chi connectivity index (χ0v) is 15.7. The predicted molar refractivity (Wildman–Crippen MR) is 99.8 cm³/mol. The van der Waals surface area contributed by atoms with E-state index in [0.29, 0.717) is 23.0 Å². The van der Waals surface area contributed by atoms with Gasteiger partial charge >= 0.3 is 12.0 Å². The van der Waals surface area contributed by atoms with Gasteiger partial charge in [-0.25, -0.2) is 14.8 Å². The molecule has 0 saturated heterocycles. The molecule has 0 amide bonds. The number of aryl methyl sites for hydroxylation is 2. The van der Waals surface area contributed by atoms with Crippen LogP contribution in [0.25, 0.3) is 22.7 Å². The summed E-state index contributed by atoms with van der Waals surface area (Å²) in [7, 11) is 0. The molecule has 0 fully saturated rings. The molecular formula is C18H14N4O5S. The topological polar surface area (TPSA) is 120 Å². The molecule has 0 aliphatic carbocycles. The van der Waals surface area contributed by atoms with Gasteiger partial charge in [0, 0.05) is 17.0 Å². The third-order valence-corrected chi connectivity index (χ3v) is 4.33. The van der Waals surface area contributed by atoms with Crippen molar-refractivity contribution in [3.05, 3.63) is 40.9 Å². The molecule has 28 heavy (non-hydrogen) atoms. The van der Waals surface area contributed by atoms with E-state index in [4.69, 9.17) is 19.0 Å². The van der Waals surface area contributed by atoms with Crippen molar-refractivity contribution in [3.8, 4) is 29.1 Å². The van der Waals surface area contributed by atoms with Gasteiger partial charge in [-0.3, -0.25) is 0 Å². The fourth-order valence-corrected chi connectivity index (χ4v) is 3.12. The van der Waals surface area contributed by atoms with Crippen LogP contribution in [0.5, 0.6) is 17.6 Å². The van der Waals surface area contributed by atoms with Gasteiger partial charge in [0.2, 0.25) is 11.8 Å². The van der Waals surface area contributed by atoms with Gasteiger partial charge in [0.05, 0.1) is 6.20 Å². The van der Waals surface area contributed by atoms with E-state index < -0.39 is 12.6 Å². The smallest absolute Gasteiger partial charge is 0.341 e. The highest BCUT2D eigenvalue weighted by Gasteiger charge is 2.15. The molecule has 1 N–H and O–H groups in total. The molecule has 3 heterocycles. The highest BCUT2D eigenvalue weighted by atomic mass is 32.1. The minimum atomic E-state index is -1.03. The van der Waals surface area contributed by atoms with Crippen LogP contribution >= 0.6 is 11.5 Å². The van der Waals surface area contributed by atoms with Crippen LogP contribution in [0, 0.1) is 13.8 Å². The lowest BCUT2D eigenvalue weighted by atomic mass is 10.1. The van der Waals surface area contributed by atoms with Gasteiger partial charge in [-0.2, -0.15) is 9.36 Å². The third kappa shape index (κ3) is 3.62. The number of hydrogen-bond donors (Lipinski definition) is 1. The van der Waals surface area contributed by atoms with Crippen LogP contribution in [0.15, 0.2) is 34.2 Å². The van der Waals surface area contributed by atoms with Crippen LogP contribution in [0.2, 0.25) is 0 Å². The van der Waals surface area contributed by atoms with E-state index in [2.05, 4.69) is 19.3 Å². The van der Waals surface area contributed by atoms with Crippen molar-refractivity contribution in [2.45, 2.75) is 13.8 Å². The Morgan fingerprint density at radius 3 is 2.71 bits per heavy atom. The second kappa shape index (κ2) is 7.24. The van der Waals surface area contributed by atoms with Gasteiger partial charge < -0.3 is 19.0 Å². The number of carbonyl (C=O) groups is 1. The molecule has 0 bridgehead atoms. The Hall–Kier alpha value is -3.53. The highest BCUT2D eigenvalue weighted by molar-refractivity contribution is 7.03. The summed E-state index contributed by atoms with van der Waals surface area (Å²) in [5, 5.41) is 10.6. The molecule has 0 saturated carbocycles. The number of ether oxygens (including phenoxy) is 2. The lowest BCUT2D eigenvalue weighted by Gasteiger charge is -2.11. The molecule has 0 spiro atoms. The van der Waals surface area contributed by atoms with Gasteiger partial charge in [-0.05, 0) is 48.6 Å². The van der Waals surface area contributed by atoms with Crippen molar-refractivity contribution >= 4 is 28.7 Å². The average Bonchev–Trinajstić information content (AvgIpc) is 3.29. The molecule has 4 aromatic rings. The molecule has 0 aliphatic heterocycles. The van der Waals surface area contributed by atoms with Gasteiger partial charge in [-0.1, -0.05) is 0 Å². The van der Waals surface area contributed by atoms with Crippen molar-refractivity contribution < 1.29 is 23.8 Å². The first kappa shape index (κ1) is 17.9. The maximum Gasteiger partial charge on any atom is 0.341 e. The quantitative estimate of drug-likeness (QED) is 0.519. The largest absolute Gasteiger partial charge is 0.481 e. The first-order valence-electron chi connectivity index (χ1n) is 8.17. The van der Waals surface area contributed by atoms with Crippen molar-refractivity contribution in [3.63, 3.8) is 0 Å². The normalized spacial score (nSPS) is 10.9. The maximum atomic E-state index is 10.7. The first-order valence-corrected chi connectivity index (χ1v) is 9.01. The molecule has 0 unspecified atom stereocenters. The summed E-state index contributed by atoms with van der Waals surface area (Å²) >= 11 is 1.26. The molecule has 3 aromatic heterocycles. The van der Waals surface area contributed by atoms with Gasteiger partial charge in [0.25, 0.3) is 5.71 Å². The maximum absolute atomic E-state index is 10.7. The van der Waals surface area contributed by atoms with E-state index in [1.807, 2.05) is 26.0 Å². The molecule has 9 nitrogen and oxygen atoms in total. The van der Waals surface area contributed by atoms with Crippen molar-refractivity contribution in [2.75, 3.05) is 6.61 Å². The van der Waals surface area contributed by atoms with Crippen molar-refractivity contribution in [2.24, 2.45) is 0 Å². The molecule has 0 radical (unpaired) electrons. The Kier molecular flexibility index (Phi) is 4.62. The molecule has 10 heteroatoms. The monoisotopic (exact) mass is 398 g/mol. The zero-order valence-electron chi connectivity index (χ0n) is 14.9. The van der Waals surface area contributed by atoms with Crippen LogP contribution in [0.1, 0.15) is 11.1 Å². The first-order chi connectivity index (χ1) is 13.5. The summed E-state index contributed by atoms with van der Waals surface area (Å²) in [5.74, 6) is 0.274. The van der Waals surface area contributed by atoms with Gasteiger partial charge in [0.15, 0.2) is 6.61 Å². The summed E-state index contributed by atoms with van der Waals surface area (Å²) in [6, 6.07) is 5.46. The number of carboxylic acids is 1. The fraction of sp³-hybridized carbons (Fsp3) is 0.167. The number of nitrogens with zero attached hydrogens (tertiary/aromatic N) is 4. The van der Waals surface area contributed by atoms with E-state index in [9.17, 15) is 4.79 Å². The van der Waals surface area contributed by atoms with E-state index in [0.717, 1.165) is 16.7 Å². The van der Waals surface area contributed by atoms with Crippen molar-refractivity contribution in [1.82, 2.24) is 19.3 Å². The fourth-order valence-electron chi connectivity index (χ4n) is 2.68. The summed E-state index contributed by atoms with van der Waals surface area (Å²) in [6.45, 7) is 3.26. The molecule has 142 valence electrons. The Bertz CT molecular complexity index is 1130. The average molecular weight is 398 g/mol. The minimum Gasteiger partial charge on any atom is -0.481 e. The number of aromatic nitrogens is 4. The number of fused-ring (bicyclic) bond motifs is 1. The molecule has 0 atom stereocenters. The number of aliphatic carboxylic acids is 1. The SMILES string of the molecule is Cc1cc(-c2nc3cnc(Oc4ccsn4)nc3o2)cc(C)c1OCC(=O)O. The van der Waals surface area contributed by atoms with E-state index >= 15 is 0 Å². The third-order valence-electron chi connectivity index (χ3n) is 3.79. The second-order valence-corrected chi connectivity index (χ2v) is 6.59.